The van der Waals surface area contributed by atoms with Crippen molar-refractivity contribution in [3.05, 3.63) is 23.8 Å². The minimum Gasteiger partial charge on any atom is -0.491 e. The fourth-order valence-corrected chi connectivity index (χ4v) is 2.11. The lowest BCUT2D eigenvalue weighted by Gasteiger charge is -2.14. The Balaban J connectivity index is 2.93. The summed E-state index contributed by atoms with van der Waals surface area (Å²) in [4.78, 5) is -0.339. The van der Waals surface area contributed by atoms with Gasteiger partial charge in [0.05, 0.1) is 11.5 Å². The summed E-state index contributed by atoms with van der Waals surface area (Å²) < 4.78 is 45.4. The van der Waals surface area contributed by atoms with Gasteiger partial charge in [0.15, 0.2) is 0 Å². The molecule has 19 heavy (non-hydrogen) atoms. The summed E-state index contributed by atoms with van der Waals surface area (Å²) in [5.74, 6) is 0.589. The average Bonchev–Trinajstić information content (AvgIpc) is 2.33. The predicted octanol–water partition coefficient (Wildman–Crippen LogP) is 2.88. The molecule has 1 rings (SSSR count). The quantitative estimate of drug-likeness (QED) is 0.572. The molecule has 0 aliphatic rings. The SMILES string of the molecule is CCOCCOc1ccc(S(=O)(=O)F)cc1C(C)C. The molecule has 6 heteroatoms. The van der Waals surface area contributed by atoms with E-state index in [4.69, 9.17) is 9.47 Å². The van der Waals surface area contributed by atoms with E-state index in [9.17, 15) is 12.3 Å². The monoisotopic (exact) mass is 290 g/mol. The summed E-state index contributed by atoms with van der Waals surface area (Å²) in [6.45, 7) is 7.10. The molecule has 1 aromatic carbocycles. The van der Waals surface area contributed by atoms with Gasteiger partial charge in [-0.05, 0) is 36.6 Å². The maximum atomic E-state index is 13.0. The fourth-order valence-electron chi connectivity index (χ4n) is 1.62. The first-order valence-corrected chi connectivity index (χ1v) is 7.53. The summed E-state index contributed by atoms with van der Waals surface area (Å²) in [6, 6.07) is 4.00. The number of benzene rings is 1. The van der Waals surface area contributed by atoms with Gasteiger partial charge < -0.3 is 9.47 Å². The van der Waals surface area contributed by atoms with Gasteiger partial charge in [0.25, 0.3) is 0 Å². The van der Waals surface area contributed by atoms with Crippen molar-refractivity contribution < 1.29 is 21.8 Å². The predicted molar refractivity (Wildman–Crippen MR) is 70.8 cm³/mol. The number of ether oxygens (including phenoxy) is 2. The molecule has 1 aromatic rings. The Morgan fingerprint density at radius 1 is 1.26 bits per heavy atom. The Kier molecular flexibility index (Phi) is 5.75. The van der Waals surface area contributed by atoms with Crippen molar-refractivity contribution in [3.63, 3.8) is 0 Å². The zero-order chi connectivity index (χ0) is 14.5. The largest absolute Gasteiger partial charge is 0.491 e. The molecular formula is C13H19FO4S. The van der Waals surface area contributed by atoms with Crippen LogP contribution in [0.2, 0.25) is 0 Å². The zero-order valence-electron chi connectivity index (χ0n) is 11.3. The molecule has 0 atom stereocenters. The second kappa shape index (κ2) is 6.86. The average molecular weight is 290 g/mol. The standard InChI is InChI=1S/C13H19FO4S/c1-4-17-7-8-18-13-6-5-11(19(14,15)16)9-12(13)10(2)3/h5-6,9-10H,4,7-8H2,1-3H3. The molecule has 108 valence electrons. The molecule has 0 bridgehead atoms. The third-order valence-electron chi connectivity index (χ3n) is 2.57. The maximum Gasteiger partial charge on any atom is 0.332 e. The minimum absolute atomic E-state index is 0.0313. The van der Waals surface area contributed by atoms with Gasteiger partial charge in [0.1, 0.15) is 12.4 Å². The topological polar surface area (TPSA) is 52.6 Å². The molecule has 0 amide bonds. The molecule has 0 radical (unpaired) electrons. The molecule has 0 spiro atoms. The van der Waals surface area contributed by atoms with E-state index in [1.54, 1.807) is 0 Å². The normalized spacial score (nSPS) is 11.8. The molecular weight excluding hydrogens is 271 g/mol. The molecule has 0 N–H and O–H groups in total. The summed E-state index contributed by atoms with van der Waals surface area (Å²) in [7, 11) is -4.68. The third kappa shape index (κ3) is 4.80. The molecule has 0 aliphatic heterocycles. The smallest absolute Gasteiger partial charge is 0.332 e. The second-order valence-electron chi connectivity index (χ2n) is 4.34. The van der Waals surface area contributed by atoms with E-state index in [-0.39, 0.29) is 10.8 Å². The van der Waals surface area contributed by atoms with E-state index < -0.39 is 10.2 Å². The van der Waals surface area contributed by atoms with Crippen molar-refractivity contribution in [3.8, 4) is 5.75 Å². The highest BCUT2D eigenvalue weighted by Crippen LogP contribution is 2.29. The lowest BCUT2D eigenvalue weighted by Crippen LogP contribution is -2.08. The summed E-state index contributed by atoms with van der Waals surface area (Å²) >= 11 is 0. The highest BCUT2D eigenvalue weighted by molar-refractivity contribution is 7.86. The summed E-state index contributed by atoms with van der Waals surface area (Å²) in [5.41, 5.74) is 0.662. The molecule has 0 aromatic heterocycles. The highest BCUT2D eigenvalue weighted by atomic mass is 32.3. The maximum absolute atomic E-state index is 13.0. The van der Waals surface area contributed by atoms with Crippen LogP contribution in [0, 0.1) is 0 Å². The molecule has 4 nitrogen and oxygen atoms in total. The van der Waals surface area contributed by atoms with E-state index in [0.717, 1.165) is 0 Å². The number of halogens is 1. The van der Waals surface area contributed by atoms with Crippen molar-refractivity contribution in [1.82, 2.24) is 0 Å². The Morgan fingerprint density at radius 2 is 1.95 bits per heavy atom. The van der Waals surface area contributed by atoms with E-state index in [0.29, 0.717) is 31.1 Å². The lowest BCUT2D eigenvalue weighted by molar-refractivity contribution is 0.109. The fraction of sp³-hybridized carbons (Fsp3) is 0.538. The van der Waals surface area contributed by atoms with Crippen LogP contribution in [0.4, 0.5) is 3.89 Å². The first-order chi connectivity index (χ1) is 8.86. The van der Waals surface area contributed by atoms with Crippen LogP contribution in [0.3, 0.4) is 0 Å². The van der Waals surface area contributed by atoms with Crippen LogP contribution in [0.15, 0.2) is 23.1 Å². The van der Waals surface area contributed by atoms with Crippen molar-refractivity contribution in [1.29, 1.82) is 0 Å². The number of rotatable bonds is 7. The molecule has 0 unspecified atom stereocenters. The summed E-state index contributed by atoms with van der Waals surface area (Å²) in [5, 5.41) is 0. The Bertz CT molecular complexity index is 511. The molecule has 0 saturated carbocycles. The van der Waals surface area contributed by atoms with Crippen molar-refractivity contribution in [2.45, 2.75) is 31.6 Å². The zero-order valence-corrected chi connectivity index (χ0v) is 12.2. The van der Waals surface area contributed by atoms with Crippen LogP contribution in [-0.2, 0) is 15.0 Å². The van der Waals surface area contributed by atoms with Crippen LogP contribution in [0.5, 0.6) is 5.75 Å². The van der Waals surface area contributed by atoms with Gasteiger partial charge in [-0.2, -0.15) is 8.42 Å². The van der Waals surface area contributed by atoms with Crippen molar-refractivity contribution in [2.24, 2.45) is 0 Å². The number of hydrogen-bond donors (Lipinski definition) is 0. The van der Waals surface area contributed by atoms with Crippen LogP contribution >= 0.6 is 0 Å². The molecule has 0 fully saturated rings. The van der Waals surface area contributed by atoms with Gasteiger partial charge >= 0.3 is 10.2 Å². The van der Waals surface area contributed by atoms with Gasteiger partial charge in [-0.3, -0.25) is 0 Å². The molecule has 0 aliphatic carbocycles. The van der Waals surface area contributed by atoms with E-state index in [1.807, 2.05) is 20.8 Å². The molecule has 0 heterocycles. The molecule has 0 saturated heterocycles. The Hall–Kier alpha value is -1.14. The van der Waals surface area contributed by atoms with E-state index in [2.05, 4.69) is 0 Å². The Labute approximate surface area is 113 Å². The van der Waals surface area contributed by atoms with Gasteiger partial charge in [-0.1, -0.05) is 13.8 Å². The van der Waals surface area contributed by atoms with Gasteiger partial charge in [-0.25, -0.2) is 0 Å². The second-order valence-corrected chi connectivity index (χ2v) is 5.68. The Morgan fingerprint density at radius 3 is 2.47 bits per heavy atom. The highest BCUT2D eigenvalue weighted by Gasteiger charge is 2.16. The first-order valence-electron chi connectivity index (χ1n) is 6.15. The summed E-state index contributed by atoms with van der Waals surface area (Å²) in [6.07, 6.45) is 0. The van der Waals surface area contributed by atoms with Crippen LogP contribution in [-0.4, -0.2) is 28.2 Å². The minimum atomic E-state index is -4.68. The van der Waals surface area contributed by atoms with Crippen molar-refractivity contribution >= 4 is 10.2 Å². The third-order valence-corrected chi connectivity index (χ3v) is 3.39. The first kappa shape index (κ1) is 15.9. The van der Waals surface area contributed by atoms with E-state index >= 15 is 0 Å². The lowest BCUT2D eigenvalue weighted by atomic mass is 10.0. The van der Waals surface area contributed by atoms with Gasteiger partial charge in [0, 0.05) is 6.61 Å². The van der Waals surface area contributed by atoms with Gasteiger partial charge in [0.2, 0.25) is 0 Å². The van der Waals surface area contributed by atoms with Crippen LogP contribution < -0.4 is 4.74 Å². The van der Waals surface area contributed by atoms with Crippen LogP contribution in [0.25, 0.3) is 0 Å². The van der Waals surface area contributed by atoms with Gasteiger partial charge in [-0.15, -0.1) is 3.89 Å². The van der Waals surface area contributed by atoms with Crippen LogP contribution in [0.1, 0.15) is 32.3 Å². The number of hydrogen-bond acceptors (Lipinski definition) is 4. The van der Waals surface area contributed by atoms with Crippen molar-refractivity contribution in [2.75, 3.05) is 19.8 Å². The van der Waals surface area contributed by atoms with E-state index in [1.165, 1.54) is 18.2 Å².